The van der Waals surface area contributed by atoms with Crippen LogP contribution < -0.4 is 4.74 Å². The Morgan fingerprint density at radius 2 is 1.88 bits per heavy atom. The highest BCUT2D eigenvalue weighted by molar-refractivity contribution is 5.40. The fraction of sp³-hybridized carbons (Fsp3) is 0.571. The smallest absolute Gasteiger partial charge is 0.127 e. The predicted molar refractivity (Wildman–Crippen MR) is 68.3 cm³/mol. The van der Waals surface area contributed by atoms with Gasteiger partial charge in [-0.3, -0.25) is 0 Å². The number of ether oxygens (including phenoxy) is 2. The molecule has 0 amide bonds. The van der Waals surface area contributed by atoms with Gasteiger partial charge in [-0.05, 0) is 33.3 Å². The van der Waals surface area contributed by atoms with Gasteiger partial charge in [0.15, 0.2) is 0 Å². The highest BCUT2D eigenvalue weighted by atomic mass is 16.5. The van der Waals surface area contributed by atoms with Crippen molar-refractivity contribution in [2.24, 2.45) is 0 Å². The fourth-order valence-electron chi connectivity index (χ4n) is 1.54. The molecule has 0 spiro atoms. The van der Waals surface area contributed by atoms with Crippen LogP contribution in [0.3, 0.4) is 0 Å². The molecule has 0 heterocycles. The first-order chi connectivity index (χ1) is 7.94. The molecule has 0 saturated heterocycles. The van der Waals surface area contributed by atoms with Crippen molar-refractivity contribution in [2.45, 2.75) is 39.9 Å². The van der Waals surface area contributed by atoms with Crippen molar-refractivity contribution in [1.29, 1.82) is 0 Å². The first-order valence-corrected chi connectivity index (χ1v) is 5.90. The molecule has 3 nitrogen and oxygen atoms in total. The first-order valence-electron chi connectivity index (χ1n) is 5.90. The van der Waals surface area contributed by atoms with Crippen molar-refractivity contribution in [3.63, 3.8) is 0 Å². The Kier molecular flexibility index (Phi) is 4.97. The SMILES string of the molecule is Cc1cccc(CO)c1OCCOC(C)(C)C. The van der Waals surface area contributed by atoms with E-state index in [9.17, 15) is 5.11 Å². The Hall–Kier alpha value is -1.06. The molecule has 0 aliphatic heterocycles. The average Bonchev–Trinajstić information content (AvgIpc) is 2.24. The molecule has 1 rings (SSSR count). The van der Waals surface area contributed by atoms with Crippen molar-refractivity contribution in [3.8, 4) is 5.75 Å². The molecule has 0 radical (unpaired) electrons. The van der Waals surface area contributed by atoms with Gasteiger partial charge in [-0.1, -0.05) is 18.2 Å². The van der Waals surface area contributed by atoms with E-state index in [1.165, 1.54) is 0 Å². The van der Waals surface area contributed by atoms with Gasteiger partial charge in [-0.25, -0.2) is 0 Å². The summed E-state index contributed by atoms with van der Waals surface area (Å²) in [4.78, 5) is 0. The molecule has 3 heteroatoms. The third kappa shape index (κ3) is 4.75. The lowest BCUT2D eigenvalue weighted by Gasteiger charge is -2.20. The summed E-state index contributed by atoms with van der Waals surface area (Å²) in [5.74, 6) is 0.771. The molecule has 0 saturated carbocycles. The Labute approximate surface area is 103 Å². The predicted octanol–water partition coefficient (Wildman–Crippen LogP) is 2.68. The van der Waals surface area contributed by atoms with E-state index in [4.69, 9.17) is 9.47 Å². The van der Waals surface area contributed by atoms with E-state index in [0.29, 0.717) is 13.2 Å². The van der Waals surface area contributed by atoms with E-state index < -0.39 is 0 Å². The minimum absolute atomic E-state index is 0.00284. The summed E-state index contributed by atoms with van der Waals surface area (Å²) in [5, 5.41) is 9.22. The molecule has 1 N–H and O–H groups in total. The second-order valence-corrected chi connectivity index (χ2v) is 5.03. The number of aliphatic hydroxyl groups is 1. The van der Waals surface area contributed by atoms with Gasteiger partial charge in [-0.2, -0.15) is 0 Å². The third-order valence-corrected chi connectivity index (χ3v) is 2.33. The molecule has 96 valence electrons. The van der Waals surface area contributed by atoms with Gasteiger partial charge in [0.1, 0.15) is 12.4 Å². The maximum atomic E-state index is 9.22. The van der Waals surface area contributed by atoms with E-state index in [2.05, 4.69) is 0 Å². The number of aryl methyl sites for hydroxylation is 1. The first kappa shape index (κ1) is 14.0. The van der Waals surface area contributed by atoms with Crippen LogP contribution in [0.4, 0.5) is 0 Å². The van der Waals surface area contributed by atoms with Crippen molar-refractivity contribution >= 4 is 0 Å². The van der Waals surface area contributed by atoms with Crippen LogP contribution in [0.25, 0.3) is 0 Å². The molecule has 0 unspecified atom stereocenters. The van der Waals surface area contributed by atoms with Crippen molar-refractivity contribution in [2.75, 3.05) is 13.2 Å². The lowest BCUT2D eigenvalue weighted by atomic mass is 10.1. The molecule has 0 aliphatic carbocycles. The van der Waals surface area contributed by atoms with Crippen LogP contribution in [0, 0.1) is 6.92 Å². The van der Waals surface area contributed by atoms with Crippen molar-refractivity contribution < 1.29 is 14.6 Å². The molecule has 1 aromatic rings. The van der Waals surface area contributed by atoms with Crippen LogP contribution in [-0.2, 0) is 11.3 Å². The molecule has 0 bridgehead atoms. The van der Waals surface area contributed by atoms with Crippen LogP contribution in [0.5, 0.6) is 5.75 Å². The van der Waals surface area contributed by atoms with Crippen LogP contribution in [0.1, 0.15) is 31.9 Å². The molecule has 0 fully saturated rings. The van der Waals surface area contributed by atoms with Gasteiger partial charge >= 0.3 is 0 Å². The Bertz CT molecular complexity index is 353. The largest absolute Gasteiger partial charge is 0.491 e. The zero-order valence-electron chi connectivity index (χ0n) is 11.1. The standard InChI is InChI=1S/C14H22O3/c1-11-6-5-7-12(10-15)13(11)16-8-9-17-14(2,3)4/h5-7,15H,8-10H2,1-4H3. The zero-order chi connectivity index (χ0) is 12.9. The van der Waals surface area contributed by atoms with E-state index in [1.54, 1.807) is 0 Å². The van der Waals surface area contributed by atoms with Crippen molar-refractivity contribution in [1.82, 2.24) is 0 Å². The summed E-state index contributed by atoms with van der Waals surface area (Å²) in [6.07, 6.45) is 0. The lowest BCUT2D eigenvalue weighted by molar-refractivity contribution is -0.0165. The monoisotopic (exact) mass is 238 g/mol. The summed E-state index contributed by atoms with van der Waals surface area (Å²) in [6, 6.07) is 5.76. The quantitative estimate of drug-likeness (QED) is 0.802. The molecule has 1 aromatic carbocycles. The summed E-state index contributed by atoms with van der Waals surface area (Å²) in [5.41, 5.74) is 1.71. The topological polar surface area (TPSA) is 38.7 Å². The summed E-state index contributed by atoms with van der Waals surface area (Å²) >= 11 is 0. The van der Waals surface area contributed by atoms with Crippen molar-refractivity contribution in [3.05, 3.63) is 29.3 Å². The number of aliphatic hydroxyl groups excluding tert-OH is 1. The van der Waals surface area contributed by atoms with Gasteiger partial charge in [0.2, 0.25) is 0 Å². The second kappa shape index (κ2) is 6.03. The van der Waals surface area contributed by atoms with E-state index in [0.717, 1.165) is 16.9 Å². The Morgan fingerprint density at radius 1 is 1.18 bits per heavy atom. The molecule has 0 aromatic heterocycles. The van der Waals surface area contributed by atoms with E-state index >= 15 is 0 Å². The van der Waals surface area contributed by atoms with Crippen LogP contribution in [0.2, 0.25) is 0 Å². The molecular weight excluding hydrogens is 216 g/mol. The van der Waals surface area contributed by atoms with Gasteiger partial charge in [-0.15, -0.1) is 0 Å². The van der Waals surface area contributed by atoms with Gasteiger partial charge in [0, 0.05) is 5.56 Å². The second-order valence-electron chi connectivity index (χ2n) is 5.03. The van der Waals surface area contributed by atoms with Gasteiger partial charge < -0.3 is 14.6 Å². The number of para-hydroxylation sites is 1. The van der Waals surface area contributed by atoms with E-state index in [-0.39, 0.29) is 12.2 Å². The summed E-state index contributed by atoms with van der Waals surface area (Å²) < 4.78 is 11.2. The number of benzene rings is 1. The fourth-order valence-corrected chi connectivity index (χ4v) is 1.54. The van der Waals surface area contributed by atoms with Crippen LogP contribution >= 0.6 is 0 Å². The van der Waals surface area contributed by atoms with Gasteiger partial charge in [0.05, 0.1) is 18.8 Å². The highest BCUT2D eigenvalue weighted by Crippen LogP contribution is 2.23. The maximum Gasteiger partial charge on any atom is 0.127 e. The molecule has 0 aliphatic rings. The molecular formula is C14H22O3. The normalized spacial score (nSPS) is 11.6. The summed E-state index contributed by atoms with van der Waals surface area (Å²) in [7, 11) is 0. The van der Waals surface area contributed by atoms with E-state index in [1.807, 2.05) is 45.9 Å². The third-order valence-electron chi connectivity index (χ3n) is 2.33. The minimum Gasteiger partial charge on any atom is -0.491 e. The Balaban J connectivity index is 2.52. The lowest BCUT2D eigenvalue weighted by Crippen LogP contribution is -2.22. The number of rotatable bonds is 5. The maximum absolute atomic E-state index is 9.22. The van der Waals surface area contributed by atoms with Gasteiger partial charge in [0.25, 0.3) is 0 Å². The number of hydrogen-bond donors (Lipinski definition) is 1. The van der Waals surface area contributed by atoms with Crippen LogP contribution in [0.15, 0.2) is 18.2 Å². The minimum atomic E-state index is -0.144. The zero-order valence-corrected chi connectivity index (χ0v) is 11.1. The molecule has 0 atom stereocenters. The molecule has 17 heavy (non-hydrogen) atoms. The highest BCUT2D eigenvalue weighted by Gasteiger charge is 2.10. The summed E-state index contributed by atoms with van der Waals surface area (Å²) in [6.45, 7) is 9.05. The average molecular weight is 238 g/mol. The number of hydrogen-bond acceptors (Lipinski definition) is 3. The van der Waals surface area contributed by atoms with Crippen LogP contribution in [-0.4, -0.2) is 23.9 Å². The Morgan fingerprint density at radius 3 is 2.47 bits per heavy atom.